The quantitative estimate of drug-likeness (QED) is 0.138. The molecule has 44 heavy (non-hydrogen) atoms. The van der Waals surface area contributed by atoms with Crippen molar-refractivity contribution >= 4 is 23.9 Å². The number of carbonyl (C=O) groups is 3. The number of aliphatic carboxylic acids is 1. The highest BCUT2D eigenvalue weighted by molar-refractivity contribution is 6.06. The molecule has 8 heteroatoms. The zero-order chi connectivity index (χ0) is 31.1. The number of ether oxygens (including phenoxy) is 2. The number of imide groups is 1. The van der Waals surface area contributed by atoms with Crippen LogP contribution in [0.25, 0.3) is 6.08 Å². The molecule has 2 heterocycles. The molecule has 4 atom stereocenters. The Kier molecular flexibility index (Phi) is 10.5. The third-order valence-corrected chi connectivity index (χ3v) is 9.12. The molecule has 2 N–H and O–H groups in total. The minimum Gasteiger partial charge on any atom is -0.507 e. The SMILES string of the molecule is CCC/C(=C\c1ccccc1O)CC[C@H]1OC[C@H]2C1=C(COc1ccccc1)C[C@H]1C(=O)N(CCCCCC(=O)O)C(=O)[C@H]12. The normalized spacial score (nSPS) is 23.2. The summed E-state index contributed by atoms with van der Waals surface area (Å²) in [5, 5.41) is 19.2. The minimum atomic E-state index is -0.834. The van der Waals surface area contributed by atoms with Crippen LogP contribution in [0.2, 0.25) is 0 Å². The third-order valence-electron chi connectivity index (χ3n) is 9.12. The molecular formula is C36H43NO7. The van der Waals surface area contributed by atoms with Crippen LogP contribution < -0.4 is 4.74 Å². The van der Waals surface area contributed by atoms with Gasteiger partial charge in [-0.3, -0.25) is 19.3 Å². The number of unbranched alkanes of at least 4 members (excludes halogenated alkanes) is 2. The predicted molar refractivity (Wildman–Crippen MR) is 167 cm³/mol. The average molecular weight is 602 g/mol. The van der Waals surface area contributed by atoms with Gasteiger partial charge in [-0.15, -0.1) is 0 Å². The number of fused-ring (bicyclic) bond motifs is 3. The maximum absolute atomic E-state index is 13.7. The molecule has 0 aromatic heterocycles. The lowest BCUT2D eigenvalue weighted by atomic mass is 9.69. The first-order chi connectivity index (χ1) is 21.4. The molecule has 2 fully saturated rings. The third kappa shape index (κ3) is 7.24. The van der Waals surface area contributed by atoms with E-state index >= 15 is 0 Å². The first-order valence-electron chi connectivity index (χ1n) is 15.9. The molecule has 2 aromatic rings. The molecule has 0 radical (unpaired) electrons. The van der Waals surface area contributed by atoms with Gasteiger partial charge in [-0.05, 0) is 67.9 Å². The van der Waals surface area contributed by atoms with Crippen molar-refractivity contribution in [2.75, 3.05) is 19.8 Å². The summed E-state index contributed by atoms with van der Waals surface area (Å²) >= 11 is 0. The molecule has 0 spiro atoms. The average Bonchev–Trinajstić information content (AvgIpc) is 3.54. The Hall–Kier alpha value is -3.91. The Morgan fingerprint density at radius 1 is 0.977 bits per heavy atom. The molecule has 0 bridgehead atoms. The van der Waals surface area contributed by atoms with Crippen molar-refractivity contribution < 1.29 is 34.1 Å². The van der Waals surface area contributed by atoms with Crippen molar-refractivity contribution in [1.29, 1.82) is 0 Å². The zero-order valence-electron chi connectivity index (χ0n) is 25.5. The number of hydrogen-bond acceptors (Lipinski definition) is 6. The monoisotopic (exact) mass is 601 g/mol. The number of para-hydroxylation sites is 2. The summed E-state index contributed by atoms with van der Waals surface area (Å²) in [4.78, 5) is 39.6. The highest BCUT2D eigenvalue weighted by atomic mass is 16.5. The molecule has 8 nitrogen and oxygen atoms in total. The van der Waals surface area contributed by atoms with Gasteiger partial charge in [0, 0.05) is 24.4 Å². The second kappa shape index (κ2) is 14.7. The zero-order valence-corrected chi connectivity index (χ0v) is 25.5. The largest absolute Gasteiger partial charge is 0.507 e. The Morgan fingerprint density at radius 3 is 2.50 bits per heavy atom. The van der Waals surface area contributed by atoms with Crippen molar-refractivity contribution in [1.82, 2.24) is 4.90 Å². The van der Waals surface area contributed by atoms with Gasteiger partial charge in [-0.25, -0.2) is 0 Å². The summed E-state index contributed by atoms with van der Waals surface area (Å²) in [5.74, 6) is -1.11. The molecule has 3 aliphatic rings. The summed E-state index contributed by atoms with van der Waals surface area (Å²) in [6.45, 7) is 3.20. The van der Waals surface area contributed by atoms with Crippen LogP contribution in [0.5, 0.6) is 11.5 Å². The molecule has 2 aromatic carbocycles. The fraction of sp³-hybridized carbons (Fsp3) is 0.472. The van der Waals surface area contributed by atoms with Gasteiger partial charge in [-0.1, -0.05) is 67.8 Å². The number of phenolic OH excluding ortho intramolecular Hbond substituents is 1. The van der Waals surface area contributed by atoms with Crippen LogP contribution in [-0.2, 0) is 19.1 Å². The number of hydrogen-bond donors (Lipinski definition) is 2. The first-order valence-corrected chi connectivity index (χ1v) is 15.9. The molecule has 2 saturated heterocycles. The van der Waals surface area contributed by atoms with Gasteiger partial charge >= 0.3 is 5.97 Å². The summed E-state index contributed by atoms with van der Waals surface area (Å²) in [5.41, 5.74) is 4.20. The van der Waals surface area contributed by atoms with Crippen LogP contribution >= 0.6 is 0 Å². The van der Waals surface area contributed by atoms with E-state index in [1.54, 1.807) is 6.07 Å². The number of carbonyl (C=O) groups excluding carboxylic acids is 2. The number of carboxylic acid groups (broad SMARTS) is 1. The van der Waals surface area contributed by atoms with E-state index in [4.69, 9.17) is 14.6 Å². The lowest BCUT2D eigenvalue weighted by Gasteiger charge is -2.32. The first kappa shape index (κ1) is 31.5. The Morgan fingerprint density at radius 2 is 1.75 bits per heavy atom. The van der Waals surface area contributed by atoms with E-state index in [9.17, 15) is 19.5 Å². The van der Waals surface area contributed by atoms with Gasteiger partial charge in [-0.2, -0.15) is 0 Å². The fourth-order valence-electron chi connectivity index (χ4n) is 7.04. The van der Waals surface area contributed by atoms with Crippen LogP contribution in [0, 0.1) is 17.8 Å². The maximum atomic E-state index is 13.7. The molecule has 234 valence electrons. The minimum absolute atomic E-state index is 0.0909. The lowest BCUT2D eigenvalue weighted by molar-refractivity contribution is -0.141. The van der Waals surface area contributed by atoms with Gasteiger partial charge in [0.25, 0.3) is 0 Å². The van der Waals surface area contributed by atoms with Crippen molar-refractivity contribution in [3.8, 4) is 11.5 Å². The second-order valence-electron chi connectivity index (χ2n) is 12.1. The van der Waals surface area contributed by atoms with Gasteiger partial charge in [0.1, 0.15) is 18.1 Å². The number of carboxylic acids is 1. The number of likely N-dealkylation sites (tertiary alicyclic amines) is 1. The van der Waals surface area contributed by atoms with E-state index in [1.165, 1.54) is 10.5 Å². The van der Waals surface area contributed by atoms with Crippen LogP contribution in [0.15, 0.2) is 71.3 Å². The second-order valence-corrected chi connectivity index (χ2v) is 12.1. The van der Waals surface area contributed by atoms with Crippen molar-refractivity contribution in [2.45, 2.75) is 70.8 Å². The molecule has 0 saturated carbocycles. The van der Waals surface area contributed by atoms with Crippen molar-refractivity contribution in [3.63, 3.8) is 0 Å². The van der Waals surface area contributed by atoms with Gasteiger partial charge in [0.05, 0.1) is 24.5 Å². The van der Waals surface area contributed by atoms with E-state index in [1.807, 2.05) is 48.5 Å². The summed E-state index contributed by atoms with van der Waals surface area (Å²) in [6, 6.07) is 17.0. The number of nitrogens with zero attached hydrogens (tertiary/aromatic N) is 1. The van der Waals surface area contributed by atoms with E-state index in [0.29, 0.717) is 45.4 Å². The van der Waals surface area contributed by atoms with Gasteiger partial charge < -0.3 is 19.7 Å². The lowest BCUT2D eigenvalue weighted by Crippen LogP contribution is -2.35. The Labute approximate surface area is 259 Å². The fourth-order valence-corrected chi connectivity index (χ4v) is 7.04. The molecule has 0 unspecified atom stereocenters. The van der Waals surface area contributed by atoms with Crippen LogP contribution in [0.3, 0.4) is 0 Å². The highest BCUT2D eigenvalue weighted by Gasteiger charge is 2.56. The summed E-state index contributed by atoms with van der Waals surface area (Å²) in [7, 11) is 0. The topological polar surface area (TPSA) is 113 Å². The number of phenols is 1. The Balaban J connectivity index is 1.35. The molecule has 2 amide bonds. The summed E-state index contributed by atoms with van der Waals surface area (Å²) < 4.78 is 12.6. The number of rotatable bonds is 15. The number of allylic oxidation sites excluding steroid dienone is 1. The van der Waals surface area contributed by atoms with Crippen LogP contribution in [0.1, 0.15) is 70.3 Å². The summed E-state index contributed by atoms with van der Waals surface area (Å²) in [6.07, 6.45) is 7.67. The van der Waals surface area contributed by atoms with E-state index in [-0.39, 0.29) is 36.0 Å². The van der Waals surface area contributed by atoms with Crippen LogP contribution in [0.4, 0.5) is 0 Å². The van der Waals surface area contributed by atoms with Crippen molar-refractivity contribution in [2.24, 2.45) is 17.8 Å². The number of benzene rings is 2. The standard InChI is InChI=1S/C36H43NO7/c1-2-11-24(20-25-12-8-9-15-30(25)38)17-18-31-33-26(22-43-27-13-5-3-6-14-27)21-28-34(29(33)23-44-31)36(42)37(35(28)41)19-10-4-7-16-32(39)40/h3,5-6,8-9,12-15,20,28-29,31,34,38H,2,4,7,10-11,16-19,21-23H2,1H3,(H,39,40)/b24-20+/t28-,29+,31-,34-/m1/s1. The Bertz CT molecular complexity index is 1400. The number of amides is 2. The van der Waals surface area contributed by atoms with Crippen molar-refractivity contribution in [3.05, 3.63) is 76.9 Å². The van der Waals surface area contributed by atoms with Gasteiger partial charge in [0.2, 0.25) is 11.8 Å². The van der Waals surface area contributed by atoms with E-state index in [0.717, 1.165) is 48.1 Å². The number of aromatic hydroxyl groups is 1. The maximum Gasteiger partial charge on any atom is 0.303 e. The predicted octanol–water partition coefficient (Wildman–Crippen LogP) is 6.40. The highest BCUT2D eigenvalue weighted by Crippen LogP contribution is 2.50. The van der Waals surface area contributed by atoms with E-state index in [2.05, 4.69) is 13.0 Å². The van der Waals surface area contributed by atoms with E-state index < -0.39 is 17.8 Å². The smallest absolute Gasteiger partial charge is 0.303 e. The molecular weight excluding hydrogens is 558 g/mol. The molecule has 2 aliphatic heterocycles. The van der Waals surface area contributed by atoms with Crippen LogP contribution in [-0.4, -0.2) is 58.8 Å². The molecule has 5 rings (SSSR count). The van der Waals surface area contributed by atoms with Gasteiger partial charge in [0.15, 0.2) is 0 Å². The molecule has 1 aliphatic carbocycles.